The molecule has 0 aliphatic rings. The van der Waals surface area contributed by atoms with E-state index in [0.29, 0.717) is 12.3 Å². The number of anilines is 1. The maximum Gasteiger partial charge on any atom is 0.246 e. The number of carbonyl (C=O) groups is 1. The van der Waals surface area contributed by atoms with Crippen molar-refractivity contribution in [2.45, 2.75) is 26.3 Å². The fourth-order valence-electron chi connectivity index (χ4n) is 1.58. The van der Waals surface area contributed by atoms with Crippen molar-refractivity contribution in [3.63, 3.8) is 0 Å². The van der Waals surface area contributed by atoms with E-state index in [1.807, 2.05) is 38.1 Å². The number of hydrogen-bond acceptors (Lipinski definition) is 3. The highest BCUT2D eigenvalue weighted by molar-refractivity contribution is 5.77. The van der Waals surface area contributed by atoms with Crippen LogP contribution in [0.4, 0.5) is 5.69 Å². The van der Waals surface area contributed by atoms with E-state index in [2.05, 4.69) is 5.32 Å². The van der Waals surface area contributed by atoms with Crippen LogP contribution in [0.3, 0.4) is 0 Å². The first-order chi connectivity index (χ1) is 8.15. The number of amides is 1. The SMILES string of the molecule is CCCOCC(=O)NC(C)c1ccccc1N. The first-order valence-electron chi connectivity index (χ1n) is 5.86. The Morgan fingerprint density at radius 1 is 1.47 bits per heavy atom. The number of hydrogen-bond donors (Lipinski definition) is 2. The lowest BCUT2D eigenvalue weighted by Crippen LogP contribution is -2.30. The quantitative estimate of drug-likeness (QED) is 0.585. The molecule has 0 aromatic heterocycles. The normalized spacial score (nSPS) is 12.1. The van der Waals surface area contributed by atoms with E-state index in [4.69, 9.17) is 10.5 Å². The molecule has 94 valence electrons. The van der Waals surface area contributed by atoms with Crippen molar-refractivity contribution in [3.8, 4) is 0 Å². The van der Waals surface area contributed by atoms with E-state index in [9.17, 15) is 4.79 Å². The van der Waals surface area contributed by atoms with Gasteiger partial charge in [0.1, 0.15) is 6.61 Å². The molecule has 0 fully saturated rings. The van der Waals surface area contributed by atoms with E-state index < -0.39 is 0 Å². The number of nitrogens with one attached hydrogen (secondary N) is 1. The average Bonchev–Trinajstić information content (AvgIpc) is 2.29. The van der Waals surface area contributed by atoms with Crippen LogP contribution in [-0.4, -0.2) is 19.1 Å². The zero-order valence-electron chi connectivity index (χ0n) is 10.4. The third kappa shape index (κ3) is 4.44. The molecular formula is C13H20N2O2. The first kappa shape index (κ1) is 13.5. The second-order valence-corrected chi connectivity index (χ2v) is 3.97. The molecule has 0 aliphatic heterocycles. The monoisotopic (exact) mass is 236 g/mol. The molecule has 1 unspecified atom stereocenters. The highest BCUT2D eigenvalue weighted by Crippen LogP contribution is 2.18. The van der Waals surface area contributed by atoms with E-state index >= 15 is 0 Å². The van der Waals surface area contributed by atoms with Crippen LogP contribution in [0.25, 0.3) is 0 Å². The van der Waals surface area contributed by atoms with Crippen molar-refractivity contribution in [1.29, 1.82) is 0 Å². The largest absolute Gasteiger partial charge is 0.398 e. The summed E-state index contributed by atoms with van der Waals surface area (Å²) in [5.41, 5.74) is 7.45. The number of nitrogen functional groups attached to an aromatic ring is 1. The highest BCUT2D eigenvalue weighted by Gasteiger charge is 2.11. The predicted octanol–water partition coefficient (Wildman–Crippen LogP) is 1.87. The fraction of sp³-hybridized carbons (Fsp3) is 0.462. The average molecular weight is 236 g/mol. The van der Waals surface area contributed by atoms with Gasteiger partial charge in [0, 0.05) is 12.3 Å². The van der Waals surface area contributed by atoms with Gasteiger partial charge >= 0.3 is 0 Å². The van der Waals surface area contributed by atoms with Gasteiger partial charge in [0.05, 0.1) is 6.04 Å². The van der Waals surface area contributed by atoms with Crippen molar-refractivity contribution >= 4 is 11.6 Å². The fourth-order valence-corrected chi connectivity index (χ4v) is 1.58. The Kier molecular flexibility index (Phi) is 5.49. The maximum absolute atomic E-state index is 11.5. The van der Waals surface area contributed by atoms with E-state index in [1.54, 1.807) is 0 Å². The summed E-state index contributed by atoms with van der Waals surface area (Å²) in [6, 6.07) is 7.41. The van der Waals surface area contributed by atoms with Crippen LogP contribution in [-0.2, 0) is 9.53 Å². The minimum Gasteiger partial charge on any atom is -0.398 e. The Labute approximate surface area is 102 Å². The van der Waals surface area contributed by atoms with Gasteiger partial charge in [-0.25, -0.2) is 0 Å². The molecule has 1 aromatic carbocycles. The summed E-state index contributed by atoms with van der Waals surface area (Å²) in [5.74, 6) is -0.116. The lowest BCUT2D eigenvalue weighted by atomic mass is 10.1. The Morgan fingerprint density at radius 3 is 2.82 bits per heavy atom. The molecule has 4 nitrogen and oxygen atoms in total. The maximum atomic E-state index is 11.5. The number of para-hydroxylation sites is 1. The molecule has 0 saturated heterocycles. The van der Waals surface area contributed by atoms with E-state index in [1.165, 1.54) is 0 Å². The summed E-state index contributed by atoms with van der Waals surface area (Å²) in [5, 5.41) is 2.85. The lowest BCUT2D eigenvalue weighted by Gasteiger charge is -2.16. The third-order valence-corrected chi connectivity index (χ3v) is 2.42. The summed E-state index contributed by atoms with van der Waals surface area (Å²) in [7, 11) is 0. The molecule has 4 heteroatoms. The van der Waals surface area contributed by atoms with Gasteiger partial charge in [-0.15, -0.1) is 0 Å². The molecule has 0 saturated carbocycles. The lowest BCUT2D eigenvalue weighted by molar-refractivity contribution is -0.126. The number of rotatable bonds is 6. The smallest absolute Gasteiger partial charge is 0.246 e. The zero-order chi connectivity index (χ0) is 12.7. The van der Waals surface area contributed by atoms with Crippen molar-refractivity contribution in [3.05, 3.63) is 29.8 Å². The summed E-state index contributed by atoms with van der Waals surface area (Å²) < 4.78 is 5.17. The summed E-state index contributed by atoms with van der Waals surface area (Å²) >= 11 is 0. The van der Waals surface area contributed by atoms with Crippen LogP contribution < -0.4 is 11.1 Å². The first-order valence-corrected chi connectivity index (χ1v) is 5.86. The van der Waals surface area contributed by atoms with Gasteiger partial charge in [-0.05, 0) is 25.0 Å². The Hall–Kier alpha value is -1.55. The van der Waals surface area contributed by atoms with Gasteiger partial charge in [0.15, 0.2) is 0 Å². The topological polar surface area (TPSA) is 64.3 Å². The third-order valence-electron chi connectivity index (χ3n) is 2.42. The van der Waals surface area contributed by atoms with Crippen molar-refractivity contribution in [1.82, 2.24) is 5.32 Å². The molecule has 1 rings (SSSR count). The Morgan fingerprint density at radius 2 is 2.18 bits per heavy atom. The van der Waals surface area contributed by atoms with Gasteiger partial charge in [-0.1, -0.05) is 25.1 Å². The van der Waals surface area contributed by atoms with Crippen LogP contribution in [0.2, 0.25) is 0 Å². The number of ether oxygens (including phenoxy) is 1. The molecule has 1 amide bonds. The molecule has 0 radical (unpaired) electrons. The molecule has 1 atom stereocenters. The number of nitrogens with two attached hydrogens (primary N) is 1. The van der Waals surface area contributed by atoms with Crippen molar-refractivity contribution < 1.29 is 9.53 Å². The van der Waals surface area contributed by atoms with Crippen LogP contribution in [0.1, 0.15) is 31.9 Å². The highest BCUT2D eigenvalue weighted by atomic mass is 16.5. The van der Waals surface area contributed by atoms with E-state index in [-0.39, 0.29) is 18.6 Å². The molecule has 0 bridgehead atoms. The van der Waals surface area contributed by atoms with Gasteiger partial charge in [0.2, 0.25) is 5.91 Å². The van der Waals surface area contributed by atoms with Crippen molar-refractivity contribution in [2.75, 3.05) is 18.9 Å². The van der Waals surface area contributed by atoms with Crippen LogP contribution >= 0.6 is 0 Å². The molecule has 0 aliphatic carbocycles. The van der Waals surface area contributed by atoms with Crippen molar-refractivity contribution in [2.24, 2.45) is 0 Å². The van der Waals surface area contributed by atoms with E-state index in [0.717, 1.165) is 12.0 Å². The Balaban J connectivity index is 2.46. The molecule has 3 N–H and O–H groups in total. The minimum atomic E-state index is -0.116. The molecule has 0 heterocycles. The van der Waals surface area contributed by atoms with Gasteiger partial charge < -0.3 is 15.8 Å². The van der Waals surface area contributed by atoms with Crippen LogP contribution in [0, 0.1) is 0 Å². The summed E-state index contributed by atoms with van der Waals surface area (Å²) in [6.45, 7) is 4.62. The summed E-state index contributed by atoms with van der Waals surface area (Å²) in [4.78, 5) is 11.5. The van der Waals surface area contributed by atoms with Gasteiger partial charge in [0.25, 0.3) is 0 Å². The van der Waals surface area contributed by atoms with Crippen LogP contribution in [0.5, 0.6) is 0 Å². The standard InChI is InChI=1S/C13H20N2O2/c1-3-8-17-9-13(16)15-10(2)11-6-4-5-7-12(11)14/h4-7,10H,3,8-9,14H2,1-2H3,(H,15,16). The van der Waals surface area contributed by atoms with Gasteiger partial charge in [-0.3, -0.25) is 4.79 Å². The van der Waals surface area contributed by atoms with Crippen LogP contribution in [0.15, 0.2) is 24.3 Å². The molecular weight excluding hydrogens is 216 g/mol. The molecule has 1 aromatic rings. The molecule has 17 heavy (non-hydrogen) atoms. The number of carbonyl (C=O) groups excluding carboxylic acids is 1. The molecule has 0 spiro atoms. The second kappa shape index (κ2) is 6.91. The number of benzene rings is 1. The predicted molar refractivity (Wildman–Crippen MR) is 68.5 cm³/mol. The second-order valence-electron chi connectivity index (χ2n) is 3.97. The zero-order valence-corrected chi connectivity index (χ0v) is 10.4. The van der Waals surface area contributed by atoms with Gasteiger partial charge in [-0.2, -0.15) is 0 Å². The summed E-state index contributed by atoms with van der Waals surface area (Å²) in [6.07, 6.45) is 0.911. The minimum absolute atomic E-state index is 0.102. The Bertz CT molecular complexity index is 366.